The van der Waals surface area contributed by atoms with Crippen molar-refractivity contribution in [3.63, 3.8) is 0 Å². The molecule has 0 saturated heterocycles. The maximum atomic E-state index is 6.23. The molecule has 0 heterocycles. The van der Waals surface area contributed by atoms with E-state index in [9.17, 15) is 0 Å². The normalized spacial score (nSPS) is 10.9. The predicted octanol–water partition coefficient (Wildman–Crippen LogP) is 3.97. The molecule has 0 atom stereocenters. The third-order valence-corrected chi connectivity index (χ3v) is 3.56. The minimum absolute atomic E-state index is 0.436. The molecule has 0 aliphatic carbocycles. The van der Waals surface area contributed by atoms with Crippen LogP contribution in [0.1, 0.15) is 25.8 Å². The van der Waals surface area contributed by atoms with E-state index < -0.39 is 0 Å². The van der Waals surface area contributed by atoms with Gasteiger partial charge in [0.1, 0.15) is 5.75 Å². The Morgan fingerprint density at radius 2 is 2.17 bits per heavy atom. The number of hydrogen-bond donors (Lipinski definition) is 1. The Hall–Kier alpha value is -0.380. The van der Waals surface area contributed by atoms with Crippen LogP contribution in [0.3, 0.4) is 0 Å². The Morgan fingerprint density at radius 3 is 2.83 bits per heavy atom. The van der Waals surface area contributed by atoms with Gasteiger partial charge in [0.25, 0.3) is 0 Å². The second kappa shape index (κ2) is 8.68. The third-order valence-electron chi connectivity index (χ3n) is 2.51. The molecule has 0 fully saturated rings. The minimum Gasteiger partial charge on any atom is -0.493 e. The van der Waals surface area contributed by atoms with Gasteiger partial charge in [-0.15, -0.1) is 0 Å². The molecule has 1 aromatic carbocycles. The van der Waals surface area contributed by atoms with Crippen molar-refractivity contribution in [2.24, 2.45) is 0 Å². The lowest BCUT2D eigenvalue weighted by atomic mass is 10.2. The number of ether oxygens (including phenoxy) is 1. The zero-order valence-electron chi connectivity index (χ0n) is 11.3. The number of halogens is 1. The van der Waals surface area contributed by atoms with Gasteiger partial charge >= 0.3 is 0 Å². The van der Waals surface area contributed by atoms with Gasteiger partial charge in [-0.1, -0.05) is 31.5 Å². The average Bonchev–Trinajstić information content (AvgIpc) is 2.33. The Kier molecular flexibility index (Phi) is 7.56. The van der Waals surface area contributed by atoms with E-state index in [4.69, 9.17) is 16.3 Å². The molecule has 0 spiro atoms. The van der Waals surface area contributed by atoms with Gasteiger partial charge in [-0.05, 0) is 30.6 Å². The standard InChI is InChI=1S/C14H22ClNOS/c1-11(2)16-10-12-13(15)6-4-7-14(12)17-8-5-9-18-3/h4,6-7,11,16H,5,8-10H2,1-3H3. The molecule has 1 aromatic rings. The second-order valence-corrected chi connectivity index (χ2v) is 5.84. The summed E-state index contributed by atoms with van der Waals surface area (Å²) in [6.45, 7) is 5.73. The van der Waals surface area contributed by atoms with Crippen LogP contribution in [0.25, 0.3) is 0 Å². The SMILES string of the molecule is CSCCCOc1cccc(Cl)c1CNC(C)C. The van der Waals surface area contributed by atoms with Gasteiger partial charge in [-0.2, -0.15) is 11.8 Å². The van der Waals surface area contributed by atoms with Crippen LogP contribution in [-0.4, -0.2) is 24.7 Å². The van der Waals surface area contributed by atoms with Crippen LogP contribution in [0.4, 0.5) is 0 Å². The molecule has 1 rings (SSSR count). The molecule has 0 aliphatic heterocycles. The van der Waals surface area contributed by atoms with E-state index in [0.29, 0.717) is 6.04 Å². The van der Waals surface area contributed by atoms with E-state index in [-0.39, 0.29) is 0 Å². The fraction of sp³-hybridized carbons (Fsp3) is 0.571. The second-order valence-electron chi connectivity index (χ2n) is 4.45. The summed E-state index contributed by atoms with van der Waals surface area (Å²) in [7, 11) is 0. The third kappa shape index (κ3) is 5.51. The van der Waals surface area contributed by atoms with Gasteiger partial charge in [0, 0.05) is 23.2 Å². The number of hydrogen-bond acceptors (Lipinski definition) is 3. The van der Waals surface area contributed by atoms with E-state index in [1.807, 2.05) is 30.0 Å². The molecular formula is C14H22ClNOS. The first-order valence-electron chi connectivity index (χ1n) is 6.27. The van der Waals surface area contributed by atoms with E-state index in [0.717, 1.165) is 41.7 Å². The van der Waals surface area contributed by atoms with Crippen LogP contribution < -0.4 is 10.1 Å². The Bertz CT molecular complexity index is 358. The molecule has 0 unspecified atom stereocenters. The van der Waals surface area contributed by atoms with Crippen molar-refractivity contribution in [2.75, 3.05) is 18.6 Å². The maximum Gasteiger partial charge on any atom is 0.125 e. The minimum atomic E-state index is 0.436. The number of nitrogens with one attached hydrogen (secondary N) is 1. The smallest absolute Gasteiger partial charge is 0.125 e. The highest BCUT2D eigenvalue weighted by molar-refractivity contribution is 7.98. The van der Waals surface area contributed by atoms with Crippen LogP contribution >= 0.6 is 23.4 Å². The highest BCUT2D eigenvalue weighted by Gasteiger charge is 2.08. The molecule has 1 N–H and O–H groups in total. The molecule has 102 valence electrons. The topological polar surface area (TPSA) is 21.3 Å². The summed E-state index contributed by atoms with van der Waals surface area (Å²) < 4.78 is 5.81. The molecule has 18 heavy (non-hydrogen) atoms. The van der Waals surface area contributed by atoms with E-state index in [1.54, 1.807) is 0 Å². The largest absolute Gasteiger partial charge is 0.493 e. The molecule has 0 saturated carbocycles. The highest BCUT2D eigenvalue weighted by Crippen LogP contribution is 2.26. The molecule has 0 radical (unpaired) electrons. The first-order valence-corrected chi connectivity index (χ1v) is 8.05. The summed E-state index contributed by atoms with van der Waals surface area (Å²) in [4.78, 5) is 0. The lowest BCUT2D eigenvalue weighted by Crippen LogP contribution is -2.22. The van der Waals surface area contributed by atoms with Crippen LogP contribution in [0.2, 0.25) is 5.02 Å². The lowest BCUT2D eigenvalue weighted by molar-refractivity contribution is 0.314. The van der Waals surface area contributed by atoms with Crippen molar-refractivity contribution < 1.29 is 4.74 Å². The van der Waals surface area contributed by atoms with Gasteiger partial charge in [0.05, 0.1) is 6.61 Å². The molecule has 0 aliphatic rings. The summed E-state index contributed by atoms with van der Waals surface area (Å²) >= 11 is 8.07. The maximum absolute atomic E-state index is 6.23. The van der Waals surface area contributed by atoms with Crippen LogP contribution in [-0.2, 0) is 6.54 Å². The van der Waals surface area contributed by atoms with E-state index in [1.165, 1.54) is 0 Å². The Balaban J connectivity index is 2.61. The Morgan fingerprint density at radius 1 is 1.39 bits per heavy atom. The lowest BCUT2D eigenvalue weighted by Gasteiger charge is -2.15. The van der Waals surface area contributed by atoms with Crippen molar-refractivity contribution in [3.8, 4) is 5.75 Å². The molecule has 0 amide bonds. The van der Waals surface area contributed by atoms with Gasteiger partial charge in [0.15, 0.2) is 0 Å². The van der Waals surface area contributed by atoms with Gasteiger partial charge in [0.2, 0.25) is 0 Å². The first-order chi connectivity index (χ1) is 8.65. The number of rotatable bonds is 8. The predicted molar refractivity (Wildman–Crippen MR) is 81.9 cm³/mol. The zero-order chi connectivity index (χ0) is 13.4. The fourth-order valence-electron chi connectivity index (χ4n) is 1.54. The highest BCUT2D eigenvalue weighted by atomic mass is 35.5. The Labute approximate surface area is 119 Å². The average molecular weight is 288 g/mol. The zero-order valence-corrected chi connectivity index (χ0v) is 12.9. The van der Waals surface area contributed by atoms with E-state index in [2.05, 4.69) is 25.4 Å². The van der Waals surface area contributed by atoms with Crippen molar-refractivity contribution in [3.05, 3.63) is 28.8 Å². The summed E-state index contributed by atoms with van der Waals surface area (Å²) in [6, 6.07) is 6.27. The van der Waals surface area contributed by atoms with Crippen molar-refractivity contribution >= 4 is 23.4 Å². The molecule has 2 nitrogen and oxygen atoms in total. The first kappa shape index (κ1) is 15.7. The summed E-state index contributed by atoms with van der Waals surface area (Å²) in [6.07, 6.45) is 3.17. The molecule has 4 heteroatoms. The summed E-state index contributed by atoms with van der Waals surface area (Å²) in [5.74, 6) is 2.02. The van der Waals surface area contributed by atoms with Crippen molar-refractivity contribution in [1.82, 2.24) is 5.32 Å². The number of thioether (sulfide) groups is 1. The van der Waals surface area contributed by atoms with Gasteiger partial charge in [-0.3, -0.25) is 0 Å². The molecular weight excluding hydrogens is 266 g/mol. The molecule has 0 aromatic heterocycles. The van der Waals surface area contributed by atoms with Crippen LogP contribution in [0, 0.1) is 0 Å². The number of benzene rings is 1. The van der Waals surface area contributed by atoms with Crippen LogP contribution in [0.5, 0.6) is 5.75 Å². The fourth-order valence-corrected chi connectivity index (χ4v) is 2.18. The summed E-state index contributed by atoms with van der Waals surface area (Å²) in [5, 5.41) is 4.15. The van der Waals surface area contributed by atoms with Crippen LogP contribution in [0.15, 0.2) is 18.2 Å². The van der Waals surface area contributed by atoms with Gasteiger partial charge in [-0.25, -0.2) is 0 Å². The van der Waals surface area contributed by atoms with Crippen molar-refractivity contribution in [2.45, 2.75) is 32.9 Å². The molecule has 0 bridgehead atoms. The monoisotopic (exact) mass is 287 g/mol. The summed E-state index contributed by atoms with van der Waals surface area (Å²) in [5.41, 5.74) is 1.05. The van der Waals surface area contributed by atoms with E-state index >= 15 is 0 Å². The van der Waals surface area contributed by atoms with Gasteiger partial charge < -0.3 is 10.1 Å². The quantitative estimate of drug-likeness (QED) is 0.731. The van der Waals surface area contributed by atoms with Crippen molar-refractivity contribution in [1.29, 1.82) is 0 Å².